The normalized spacial score (nSPS) is 19.2. The summed E-state index contributed by atoms with van der Waals surface area (Å²) in [6.07, 6.45) is 0.201. The summed E-state index contributed by atoms with van der Waals surface area (Å²) in [4.78, 5) is 20.1. The number of carbonyl (C=O) groups is 1. The van der Waals surface area contributed by atoms with Crippen LogP contribution in [0.4, 0.5) is 5.69 Å². The van der Waals surface area contributed by atoms with Crippen LogP contribution in [0.5, 0.6) is 0 Å². The van der Waals surface area contributed by atoms with Gasteiger partial charge >= 0.3 is 0 Å². The number of carbonyl (C=O) groups excluding carboxylic acids is 1. The van der Waals surface area contributed by atoms with Crippen molar-refractivity contribution in [2.24, 2.45) is 16.5 Å². The van der Waals surface area contributed by atoms with Crippen LogP contribution in [0.25, 0.3) is 0 Å². The Labute approximate surface area is 183 Å². The number of nitrogens with zero attached hydrogens (tertiary/aromatic N) is 2. The monoisotopic (exact) mass is 412 g/mol. The fourth-order valence-corrected chi connectivity index (χ4v) is 4.03. The molecule has 0 fully saturated rings. The van der Waals surface area contributed by atoms with Crippen molar-refractivity contribution in [3.8, 4) is 0 Å². The molecule has 0 spiro atoms. The van der Waals surface area contributed by atoms with Crippen molar-refractivity contribution in [2.45, 2.75) is 31.6 Å². The zero-order valence-electron chi connectivity index (χ0n) is 17.7. The van der Waals surface area contributed by atoms with Gasteiger partial charge in [0.2, 0.25) is 0 Å². The molecular formula is C26H28N4O. The number of hydrogen-bond donors (Lipinski definition) is 2. The maximum Gasteiger partial charge on any atom is 0.177 e. The van der Waals surface area contributed by atoms with Crippen LogP contribution in [-0.4, -0.2) is 36.3 Å². The molecule has 5 nitrogen and oxygen atoms in total. The smallest absolute Gasteiger partial charge is 0.177 e. The summed E-state index contributed by atoms with van der Waals surface area (Å²) in [5, 5.41) is 0. The van der Waals surface area contributed by atoms with Crippen molar-refractivity contribution >= 4 is 17.2 Å². The fourth-order valence-electron chi connectivity index (χ4n) is 4.03. The minimum Gasteiger partial charge on any atom is -0.353 e. The van der Waals surface area contributed by atoms with E-state index in [1.165, 1.54) is 5.56 Å². The molecule has 4 N–H and O–H groups in total. The first-order valence-corrected chi connectivity index (χ1v) is 10.6. The second kappa shape index (κ2) is 9.25. The molecule has 3 aromatic carbocycles. The van der Waals surface area contributed by atoms with E-state index in [1.54, 1.807) is 6.92 Å². The average molecular weight is 413 g/mol. The van der Waals surface area contributed by atoms with E-state index in [0.717, 1.165) is 28.9 Å². The van der Waals surface area contributed by atoms with Gasteiger partial charge in [-0.05, 0) is 25.0 Å². The van der Waals surface area contributed by atoms with E-state index >= 15 is 0 Å². The molecule has 31 heavy (non-hydrogen) atoms. The number of ketones is 1. The number of aliphatic imine (C=N–C) groups is 1. The highest BCUT2D eigenvalue weighted by atomic mass is 16.1. The number of para-hydroxylation sites is 1. The largest absolute Gasteiger partial charge is 0.353 e. The summed E-state index contributed by atoms with van der Waals surface area (Å²) in [7, 11) is 0. The summed E-state index contributed by atoms with van der Waals surface area (Å²) in [5.41, 5.74) is 17.6. The van der Waals surface area contributed by atoms with Gasteiger partial charge in [-0.3, -0.25) is 9.79 Å². The molecule has 3 atom stereocenters. The van der Waals surface area contributed by atoms with Crippen LogP contribution in [0.3, 0.4) is 0 Å². The van der Waals surface area contributed by atoms with Gasteiger partial charge in [-0.15, -0.1) is 0 Å². The predicted molar refractivity (Wildman–Crippen MR) is 126 cm³/mol. The molecule has 1 aliphatic heterocycles. The van der Waals surface area contributed by atoms with Crippen LogP contribution in [0.15, 0.2) is 89.9 Å². The molecule has 0 aliphatic carbocycles. The summed E-state index contributed by atoms with van der Waals surface area (Å²) in [6.45, 7) is 2.36. The van der Waals surface area contributed by atoms with Gasteiger partial charge in [0, 0.05) is 23.4 Å². The van der Waals surface area contributed by atoms with E-state index in [-0.39, 0.29) is 5.78 Å². The quantitative estimate of drug-likeness (QED) is 0.651. The van der Waals surface area contributed by atoms with Gasteiger partial charge in [0.1, 0.15) is 12.2 Å². The molecule has 0 bridgehead atoms. The van der Waals surface area contributed by atoms with E-state index < -0.39 is 18.2 Å². The summed E-state index contributed by atoms with van der Waals surface area (Å²) in [5.74, 6) is -0.154. The lowest BCUT2D eigenvalue weighted by atomic mass is 10.00. The van der Waals surface area contributed by atoms with Gasteiger partial charge in [0.25, 0.3) is 0 Å². The van der Waals surface area contributed by atoms with E-state index in [2.05, 4.69) is 23.1 Å². The van der Waals surface area contributed by atoms with Crippen molar-refractivity contribution in [1.82, 2.24) is 0 Å². The van der Waals surface area contributed by atoms with Crippen LogP contribution in [0.2, 0.25) is 0 Å². The van der Waals surface area contributed by atoms with Gasteiger partial charge < -0.3 is 16.4 Å². The van der Waals surface area contributed by atoms with Crippen LogP contribution in [0, 0.1) is 0 Å². The first-order chi connectivity index (χ1) is 15.1. The maximum atomic E-state index is 13.1. The lowest BCUT2D eigenvalue weighted by Crippen LogP contribution is -2.55. The summed E-state index contributed by atoms with van der Waals surface area (Å²) >= 11 is 0. The minimum absolute atomic E-state index is 0.154. The summed E-state index contributed by atoms with van der Waals surface area (Å²) < 4.78 is 0. The third-order valence-corrected chi connectivity index (χ3v) is 5.69. The number of hydrogen-bond acceptors (Lipinski definition) is 5. The van der Waals surface area contributed by atoms with Crippen LogP contribution in [-0.2, 0) is 11.2 Å². The van der Waals surface area contributed by atoms with Gasteiger partial charge in [0.05, 0.1) is 11.8 Å². The molecule has 0 aromatic heterocycles. The van der Waals surface area contributed by atoms with Crippen LogP contribution < -0.4 is 16.4 Å². The topological polar surface area (TPSA) is 84.7 Å². The Morgan fingerprint density at radius 1 is 0.968 bits per heavy atom. The van der Waals surface area contributed by atoms with Crippen LogP contribution in [0.1, 0.15) is 23.6 Å². The molecular weight excluding hydrogens is 384 g/mol. The molecule has 3 aromatic rings. The zero-order chi connectivity index (χ0) is 21.8. The maximum absolute atomic E-state index is 13.1. The highest BCUT2D eigenvalue weighted by molar-refractivity contribution is 6.17. The van der Waals surface area contributed by atoms with E-state index in [1.807, 2.05) is 66.7 Å². The highest BCUT2D eigenvalue weighted by Crippen LogP contribution is 2.30. The second-order valence-electron chi connectivity index (χ2n) is 7.92. The molecule has 0 amide bonds. The third kappa shape index (κ3) is 4.43. The molecule has 3 unspecified atom stereocenters. The van der Waals surface area contributed by atoms with Gasteiger partial charge in [-0.25, -0.2) is 0 Å². The van der Waals surface area contributed by atoms with Crippen molar-refractivity contribution < 1.29 is 4.79 Å². The van der Waals surface area contributed by atoms with Crippen molar-refractivity contribution in [3.63, 3.8) is 0 Å². The lowest BCUT2D eigenvalue weighted by molar-refractivity contribution is -0.121. The van der Waals surface area contributed by atoms with E-state index in [0.29, 0.717) is 6.54 Å². The Hall–Kier alpha value is -3.28. The van der Waals surface area contributed by atoms with E-state index in [4.69, 9.17) is 16.5 Å². The molecule has 4 rings (SSSR count). The number of anilines is 1. The second-order valence-corrected chi connectivity index (χ2v) is 7.92. The van der Waals surface area contributed by atoms with E-state index in [9.17, 15) is 4.79 Å². The average Bonchev–Trinajstić information content (AvgIpc) is 2.93. The van der Waals surface area contributed by atoms with Gasteiger partial charge in [0.15, 0.2) is 5.78 Å². The number of benzodiazepines with no additional fused rings is 1. The van der Waals surface area contributed by atoms with Gasteiger partial charge in [-0.1, -0.05) is 78.9 Å². The molecule has 0 saturated heterocycles. The Bertz CT molecular complexity index is 1060. The lowest BCUT2D eigenvalue weighted by Gasteiger charge is -2.33. The van der Waals surface area contributed by atoms with Crippen molar-refractivity contribution in [3.05, 3.63) is 102 Å². The van der Waals surface area contributed by atoms with Gasteiger partial charge in [-0.2, -0.15) is 0 Å². The van der Waals surface area contributed by atoms with Crippen molar-refractivity contribution in [1.29, 1.82) is 0 Å². The van der Waals surface area contributed by atoms with Crippen molar-refractivity contribution in [2.75, 3.05) is 11.4 Å². The Morgan fingerprint density at radius 3 is 2.26 bits per heavy atom. The molecule has 5 heteroatoms. The first kappa shape index (κ1) is 21.0. The van der Waals surface area contributed by atoms with Crippen LogP contribution >= 0.6 is 0 Å². The first-order valence-electron chi connectivity index (χ1n) is 10.6. The number of Topliss-reactive ketones (excluding diaryl/α,β-unsaturated/α-hetero) is 1. The highest BCUT2D eigenvalue weighted by Gasteiger charge is 2.36. The minimum atomic E-state index is -0.752. The zero-order valence-corrected chi connectivity index (χ0v) is 17.7. The molecule has 0 saturated carbocycles. The SMILES string of the molecule is CC(N)C(=O)C1N=C(c2ccccc2)c2ccccc2N(CCc2ccccc2)C1N. The fraction of sp³-hybridized carbons (Fsp3) is 0.231. The third-order valence-electron chi connectivity index (χ3n) is 5.69. The number of fused-ring (bicyclic) bond motifs is 1. The molecule has 1 aliphatic rings. The number of rotatable bonds is 6. The predicted octanol–water partition coefficient (Wildman–Crippen LogP) is 3.16. The Kier molecular flexibility index (Phi) is 6.26. The standard InChI is InChI=1S/C26H28N4O/c1-18(27)25(31)24-26(28)30(17-16-19-10-4-2-5-11-19)22-15-9-8-14-21(22)23(29-24)20-12-6-3-7-13-20/h2-15,18,24,26H,16-17,27-28H2,1H3. The molecule has 158 valence electrons. The molecule has 1 heterocycles. The number of benzene rings is 3. The Balaban J connectivity index is 1.81. The number of nitrogens with two attached hydrogens (primary N) is 2. The molecule has 0 radical (unpaired) electrons. The Morgan fingerprint density at radius 2 is 1.58 bits per heavy atom. The summed E-state index contributed by atoms with van der Waals surface area (Å²) in [6, 6.07) is 26.9.